The molecule has 4 rings (SSSR count). The number of rotatable bonds is 1. The van der Waals surface area contributed by atoms with Gasteiger partial charge in [0.2, 0.25) is 0 Å². The fraction of sp³-hybridized carbons (Fsp3) is 0.462. The molecule has 0 unspecified atom stereocenters. The summed E-state index contributed by atoms with van der Waals surface area (Å²) >= 11 is 0. The number of fused-ring (bicyclic) bond motifs is 4. The van der Waals surface area contributed by atoms with E-state index in [1.165, 1.54) is 11.3 Å². The number of aliphatic imine (C=N–C) groups is 1. The number of nitrogens with zero attached hydrogens (tertiary/aromatic N) is 1. The van der Waals surface area contributed by atoms with Gasteiger partial charge in [-0.15, -0.1) is 0 Å². The standard InChI is InChI=1S/C13H13NO/c1-12-9-10(8-6-4-3-5-7-8)14-11(9)13(12,2)15-12/h3-7,9,11H,1-2H3/t9-,11+,12+,13-/m1/s1. The highest BCUT2D eigenvalue weighted by Crippen LogP contribution is 2.71. The average molecular weight is 199 g/mol. The van der Waals surface area contributed by atoms with Crippen molar-refractivity contribution < 1.29 is 4.74 Å². The van der Waals surface area contributed by atoms with Crippen LogP contribution < -0.4 is 0 Å². The molecule has 1 aliphatic carbocycles. The second-order valence-electron chi connectivity index (χ2n) is 5.12. The Morgan fingerprint density at radius 1 is 1.13 bits per heavy atom. The number of benzene rings is 1. The van der Waals surface area contributed by atoms with Crippen LogP contribution in [0.25, 0.3) is 0 Å². The van der Waals surface area contributed by atoms with E-state index in [0.29, 0.717) is 12.0 Å². The van der Waals surface area contributed by atoms with Gasteiger partial charge in [0.25, 0.3) is 0 Å². The molecular formula is C13H13NO. The maximum atomic E-state index is 5.83. The summed E-state index contributed by atoms with van der Waals surface area (Å²) in [6, 6.07) is 10.9. The van der Waals surface area contributed by atoms with Gasteiger partial charge < -0.3 is 4.74 Å². The van der Waals surface area contributed by atoms with Gasteiger partial charge in [-0.3, -0.25) is 4.99 Å². The highest BCUT2D eigenvalue weighted by atomic mass is 16.6. The summed E-state index contributed by atoms with van der Waals surface area (Å²) in [5.74, 6) is 0.546. The first-order valence-electron chi connectivity index (χ1n) is 5.50. The Hall–Kier alpha value is -1.15. The highest BCUT2D eigenvalue weighted by Gasteiger charge is 2.86. The van der Waals surface area contributed by atoms with Crippen molar-refractivity contribution in [1.82, 2.24) is 0 Å². The normalized spacial score (nSPS) is 49.3. The Morgan fingerprint density at radius 2 is 1.87 bits per heavy atom. The minimum atomic E-state index is 0.0654. The van der Waals surface area contributed by atoms with E-state index in [-0.39, 0.29) is 11.2 Å². The topological polar surface area (TPSA) is 24.9 Å². The number of ether oxygens (including phenoxy) is 1. The van der Waals surface area contributed by atoms with E-state index in [1.807, 2.05) is 6.07 Å². The van der Waals surface area contributed by atoms with Crippen molar-refractivity contribution in [1.29, 1.82) is 0 Å². The molecule has 2 fully saturated rings. The summed E-state index contributed by atoms with van der Waals surface area (Å²) in [5, 5.41) is 0. The van der Waals surface area contributed by atoms with Gasteiger partial charge in [0.05, 0.1) is 17.7 Å². The molecule has 1 aromatic rings. The van der Waals surface area contributed by atoms with E-state index in [0.717, 1.165) is 0 Å². The van der Waals surface area contributed by atoms with Gasteiger partial charge in [-0.05, 0) is 19.4 Å². The molecule has 1 saturated carbocycles. The van der Waals surface area contributed by atoms with Crippen LogP contribution in [0.1, 0.15) is 19.4 Å². The van der Waals surface area contributed by atoms with Crippen LogP contribution in [0.3, 0.4) is 0 Å². The summed E-state index contributed by atoms with van der Waals surface area (Å²) in [6.45, 7) is 4.39. The lowest BCUT2D eigenvalue weighted by Gasteiger charge is -2.48. The van der Waals surface area contributed by atoms with Crippen LogP contribution in [0.4, 0.5) is 0 Å². The molecule has 2 heteroatoms. The summed E-state index contributed by atoms with van der Waals surface area (Å²) in [5.41, 5.74) is 2.66. The smallest absolute Gasteiger partial charge is 0.119 e. The highest BCUT2D eigenvalue weighted by molar-refractivity contribution is 6.09. The number of hydrogen-bond donors (Lipinski definition) is 0. The van der Waals surface area contributed by atoms with Crippen LogP contribution >= 0.6 is 0 Å². The van der Waals surface area contributed by atoms with Crippen LogP contribution in [0.15, 0.2) is 35.3 Å². The molecule has 0 spiro atoms. The zero-order valence-corrected chi connectivity index (χ0v) is 8.90. The lowest BCUT2D eigenvalue weighted by Crippen LogP contribution is -2.65. The van der Waals surface area contributed by atoms with Crippen LogP contribution in [-0.4, -0.2) is 23.0 Å². The Kier molecular flexibility index (Phi) is 1.09. The molecule has 15 heavy (non-hydrogen) atoms. The van der Waals surface area contributed by atoms with E-state index >= 15 is 0 Å². The first-order chi connectivity index (χ1) is 7.17. The molecular weight excluding hydrogens is 186 g/mol. The molecule has 4 atom stereocenters. The van der Waals surface area contributed by atoms with Gasteiger partial charge in [0.1, 0.15) is 11.2 Å². The van der Waals surface area contributed by atoms with Crippen LogP contribution in [0, 0.1) is 5.92 Å². The summed E-state index contributed by atoms with van der Waals surface area (Å²) in [4.78, 5) is 4.69. The van der Waals surface area contributed by atoms with Gasteiger partial charge in [0, 0.05) is 0 Å². The van der Waals surface area contributed by atoms with Crippen molar-refractivity contribution in [3.63, 3.8) is 0 Å². The van der Waals surface area contributed by atoms with Gasteiger partial charge in [-0.25, -0.2) is 0 Å². The Balaban J connectivity index is 1.74. The SMILES string of the molecule is C[C@@]12O[C@]1(C)[C@H]1N=C(c3ccccc3)[C@H]12. The molecule has 2 aliphatic heterocycles. The molecule has 2 heterocycles. The lowest BCUT2D eigenvalue weighted by molar-refractivity contribution is 0.220. The lowest BCUT2D eigenvalue weighted by atomic mass is 9.56. The Bertz CT molecular complexity index is 481. The average Bonchev–Trinajstić information content (AvgIpc) is 2.63. The van der Waals surface area contributed by atoms with Crippen LogP contribution in [-0.2, 0) is 4.74 Å². The van der Waals surface area contributed by atoms with E-state index in [4.69, 9.17) is 9.73 Å². The third-order valence-corrected chi connectivity index (χ3v) is 4.48. The predicted molar refractivity (Wildman–Crippen MR) is 58.2 cm³/mol. The van der Waals surface area contributed by atoms with Crippen molar-refractivity contribution in [2.75, 3.05) is 0 Å². The molecule has 0 bridgehead atoms. The predicted octanol–water partition coefficient (Wildman–Crippen LogP) is 2.04. The third-order valence-electron chi connectivity index (χ3n) is 4.48. The van der Waals surface area contributed by atoms with Crippen molar-refractivity contribution in [3.05, 3.63) is 35.9 Å². The molecule has 0 aromatic heterocycles. The van der Waals surface area contributed by atoms with Crippen LogP contribution in [0.5, 0.6) is 0 Å². The molecule has 76 valence electrons. The first-order valence-corrected chi connectivity index (χ1v) is 5.50. The maximum absolute atomic E-state index is 5.83. The second-order valence-corrected chi connectivity index (χ2v) is 5.12. The molecule has 0 amide bonds. The van der Waals surface area contributed by atoms with Crippen molar-refractivity contribution in [2.24, 2.45) is 10.9 Å². The van der Waals surface area contributed by atoms with Gasteiger partial charge in [-0.2, -0.15) is 0 Å². The maximum Gasteiger partial charge on any atom is 0.119 e. The molecule has 1 saturated heterocycles. The van der Waals surface area contributed by atoms with Crippen LogP contribution in [0.2, 0.25) is 0 Å². The summed E-state index contributed by atoms with van der Waals surface area (Å²) in [6.07, 6.45) is 0. The Labute approximate surface area is 89.0 Å². The monoisotopic (exact) mass is 199 g/mol. The third kappa shape index (κ3) is 0.661. The summed E-state index contributed by atoms with van der Waals surface area (Å²) < 4.78 is 5.83. The minimum absolute atomic E-state index is 0.0654. The van der Waals surface area contributed by atoms with E-state index in [2.05, 4.69) is 38.1 Å². The fourth-order valence-electron chi connectivity index (χ4n) is 3.28. The number of epoxide rings is 1. The van der Waals surface area contributed by atoms with Gasteiger partial charge in [0.15, 0.2) is 0 Å². The Morgan fingerprint density at radius 3 is 2.53 bits per heavy atom. The van der Waals surface area contributed by atoms with E-state index in [9.17, 15) is 0 Å². The second kappa shape index (κ2) is 2.03. The zero-order valence-electron chi connectivity index (χ0n) is 8.90. The van der Waals surface area contributed by atoms with E-state index < -0.39 is 0 Å². The summed E-state index contributed by atoms with van der Waals surface area (Å²) in [7, 11) is 0. The quantitative estimate of drug-likeness (QED) is 0.635. The van der Waals surface area contributed by atoms with Crippen molar-refractivity contribution in [2.45, 2.75) is 31.1 Å². The molecule has 0 N–H and O–H groups in total. The first kappa shape index (κ1) is 8.05. The molecule has 1 aromatic carbocycles. The van der Waals surface area contributed by atoms with Crippen molar-refractivity contribution >= 4 is 5.71 Å². The minimum Gasteiger partial charge on any atom is -0.360 e. The molecule has 3 aliphatic rings. The molecule has 2 nitrogen and oxygen atoms in total. The van der Waals surface area contributed by atoms with Gasteiger partial charge >= 0.3 is 0 Å². The largest absolute Gasteiger partial charge is 0.360 e. The van der Waals surface area contributed by atoms with Crippen molar-refractivity contribution in [3.8, 4) is 0 Å². The fourth-order valence-corrected chi connectivity index (χ4v) is 3.28. The molecule has 0 radical (unpaired) electrons. The zero-order chi connectivity index (χ0) is 10.3. The van der Waals surface area contributed by atoms with E-state index in [1.54, 1.807) is 0 Å². The van der Waals surface area contributed by atoms with Gasteiger partial charge in [-0.1, -0.05) is 30.3 Å². The number of hydrogen-bond acceptors (Lipinski definition) is 2.